The van der Waals surface area contributed by atoms with Gasteiger partial charge in [-0.25, -0.2) is 4.39 Å². The van der Waals surface area contributed by atoms with Crippen LogP contribution in [0.1, 0.15) is 27.7 Å². The van der Waals surface area contributed by atoms with E-state index in [2.05, 4.69) is 0 Å². The van der Waals surface area contributed by atoms with Crippen LogP contribution in [-0.4, -0.2) is 32.2 Å². The van der Waals surface area contributed by atoms with Crippen LogP contribution in [0, 0.1) is 5.82 Å². The maximum absolute atomic E-state index is 14.2. The van der Waals surface area contributed by atoms with Crippen molar-refractivity contribution in [1.82, 2.24) is 0 Å². The molecule has 20 heavy (non-hydrogen) atoms. The Hall–Kier alpha value is -1.11. The first kappa shape index (κ1) is 15.3. The van der Waals surface area contributed by atoms with Crippen LogP contribution in [0.2, 0.25) is 0 Å². The summed E-state index contributed by atoms with van der Waals surface area (Å²) in [7, 11) is 0.710. The van der Waals surface area contributed by atoms with E-state index in [1.54, 1.807) is 12.1 Å². The summed E-state index contributed by atoms with van der Waals surface area (Å²) in [5.41, 5.74) is -0.792. The Kier molecular flexibility index (Phi) is 4.09. The molecule has 0 N–H and O–H groups in total. The molecule has 0 bridgehead atoms. The predicted molar refractivity (Wildman–Crippen MR) is 74.6 cm³/mol. The minimum atomic E-state index is -0.798. The Balaban J connectivity index is 2.34. The molecule has 0 unspecified atom stereocenters. The molecule has 0 atom stereocenters. The lowest BCUT2D eigenvalue weighted by atomic mass is 9.78. The molecule has 0 spiro atoms. The maximum atomic E-state index is 14.2. The van der Waals surface area contributed by atoms with E-state index >= 15 is 0 Å². The van der Waals surface area contributed by atoms with E-state index in [-0.39, 0.29) is 12.3 Å². The fraction of sp³-hybridized carbons (Fsp3) is 0.571. The van der Waals surface area contributed by atoms with Crippen LogP contribution in [0.4, 0.5) is 4.39 Å². The van der Waals surface area contributed by atoms with Crippen molar-refractivity contribution >= 4 is 12.6 Å². The zero-order valence-corrected chi connectivity index (χ0v) is 12.5. The molecular weight excluding hydrogens is 262 g/mol. The largest absolute Gasteiger partial charge is 0.501 e. The standard InChI is InChI=1S/C14H20BFO4/c1-13(2)14(3,4)20-15(19-13)12-10(16)7-6-8-11(12)18-9-17-5/h6-8H,9H2,1-5H3. The first-order valence-corrected chi connectivity index (χ1v) is 6.54. The number of methoxy groups -OCH3 is 1. The highest BCUT2D eigenvalue weighted by Crippen LogP contribution is 2.37. The Morgan fingerprint density at radius 3 is 2.30 bits per heavy atom. The average molecular weight is 282 g/mol. The Morgan fingerprint density at radius 2 is 1.75 bits per heavy atom. The molecule has 2 rings (SSSR count). The van der Waals surface area contributed by atoms with Gasteiger partial charge in [-0.15, -0.1) is 0 Å². The zero-order valence-electron chi connectivity index (χ0n) is 12.5. The van der Waals surface area contributed by atoms with Crippen LogP contribution < -0.4 is 10.2 Å². The smallest absolute Gasteiger partial charge is 0.468 e. The summed E-state index contributed by atoms with van der Waals surface area (Å²) in [6, 6.07) is 4.61. The molecule has 0 aliphatic carbocycles. The molecule has 1 aliphatic heterocycles. The van der Waals surface area contributed by atoms with Gasteiger partial charge < -0.3 is 18.8 Å². The summed E-state index contributed by atoms with van der Waals surface area (Å²) in [6.45, 7) is 7.72. The van der Waals surface area contributed by atoms with Crippen molar-refractivity contribution in [1.29, 1.82) is 0 Å². The number of ether oxygens (including phenoxy) is 2. The second-order valence-electron chi connectivity index (χ2n) is 5.79. The fourth-order valence-corrected chi connectivity index (χ4v) is 1.96. The van der Waals surface area contributed by atoms with Gasteiger partial charge in [-0.3, -0.25) is 0 Å². The molecule has 1 aromatic carbocycles. The summed E-state index contributed by atoms with van der Waals surface area (Å²) in [5, 5.41) is 0. The van der Waals surface area contributed by atoms with Crippen LogP contribution in [-0.2, 0) is 14.0 Å². The zero-order chi connectivity index (χ0) is 15.0. The van der Waals surface area contributed by atoms with E-state index in [9.17, 15) is 4.39 Å². The van der Waals surface area contributed by atoms with Crippen molar-refractivity contribution < 1.29 is 23.2 Å². The van der Waals surface area contributed by atoms with Crippen molar-refractivity contribution in [3.05, 3.63) is 24.0 Å². The monoisotopic (exact) mass is 282 g/mol. The van der Waals surface area contributed by atoms with Gasteiger partial charge in [0, 0.05) is 7.11 Å². The second kappa shape index (κ2) is 5.35. The van der Waals surface area contributed by atoms with Crippen molar-refractivity contribution in [2.75, 3.05) is 13.9 Å². The molecule has 4 nitrogen and oxygen atoms in total. The quantitative estimate of drug-likeness (QED) is 0.626. The van der Waals surface area contributed by atoms with Crippen molar-refractivity contribution in [2.45, 2.75) is 38.9 Å². The number of halogens is 1. The topological polar surface area (TPSA) is 36.9 Å². The summed E-state index contributed by atoms with van der Waals surface area (Å²) in [4.78, 5) is 0. The van der Waals surface area contributed by atoms with Gasteiger partial charge in [-0.2, -0.15) is 0 Å². The molecule has 0 radical (unpaired) electrons. The molecule has 1 saturated heterocycles. The minimum absolute atomic E-state index is 0.0377. The van der Waals surface area contributed by atoms with Gasteiger partial charge in [0.1, 0.15) is 11.6 Å². The summed E-state index contributed by atoms with van der Waals surface area (Å²) in [5.74, 6) is -0.0533. The molecule has 6 heteroatoms. The van der Waals surface area contributed by atoms with Crippen LogP contribution in [0.5, 0.6) is 5.75 Å². The Labute approximate surface area is 119 Å². The molecule has 0 saturated carbocycles. The fourth-order valence-electron chi connectivity index (χ4n) is 1.96. The summed E-state index contributed by atoms with van der Waals surface area (Å²) < 4.78 is 36.1. The average Bonchev–Trinajstić information content (AvgIpc) is 2.55. The second-order valence-corrected chi connectivity index (χ2v) is 5.79. The van der Waals surface area contributed by atoms with E-state index in [1.807, 2.05) is 27.7 Å². The molecule has 0 aromatic heterocycles. The Bertz CT molecular complexity index is 474. The summed E-state index contributed by atoms with van der Waals surface area (Å²) in [6.07, 6.45) is 0. The first-order chi connectivity index (χ1) is 9.28. The van der Waals surface area contributed by atoms with Crippen molar-refractivity contribution in [2.24, 2.45) is 0 Å². The van der Waals surface area contributed by atoms with Crippen LogP contribution in [0.25, 0.3) is 0 Å². The lowest BCUT2D eigenvalue weighted by Gasteiger charge is -2.32. The number of hydrogen-bond donors (Lipinski definition) is 0. The van der Waals surface area contributed by atoms with E-state index < -0.39 is 24.1 Å². The third kappa shape index (κ3) is 2.68. The summed E-state index contributed by atoms with van der Waals surface area (Å²) >= 11 is 0. The molecule has 1 aromatic rings. The van der Waals surface area contributed by atoms with Crippen molar-refractivity contribution in [3.8, 4) is 5.75 Å². The lowest BCUT2D eigenvalue weighted by molar-refractivity contribution is 0.00578. The van der Waals surface area contributed by atoms with E-state index in [4.69, 9.17) is 18.8 Å². The minimum Gasteiger partial charge on any atom is -0.468 e. The van der Waals surface area contributed by atoms with Gasteiger partial charge in [-0.05, 0) is 39.8 Å². The Morgan fingerprint density at radius 1 is 1.15 bits per heavy atom. The van der Waals surface area contributed by atoms with E-state index in [0.717, 1.165) is 0 Å². The third-order valence-electron chi connectivity index (χ3n) is 3.83. The number of rotatable bonds is 4. The molecule has 110 valence electrons. The van der Waals surface area contributed by atoms with Crippen LogP contribution in [0.3, 0.4) is 0 Å². The van der Waals surface area contributed by atoms with Crippen LogP contribution in [0.15, 0.2) is 18.2 Å². The van der Waals surface area contributed by atoms with Gasteiger partial charge in [-0.1, -0.05) is 6.07 Å². The third-order valence-corrected chi connectivity index (χ3v) is 3.83. The van der Waals surface area contributed by atoms with E-state index in [0.29, 0.717) is 5.75 Å². The predicted octanol–water partition coefficient (Wildman–Crippen LogP) is 2.11. The van der Waals surface area contributed by atoms with Gasteiger partial charge in [0.25, 0.3) is 0 Å². The highest BCUT2D eigenvalue weighted by atomic mass is 19.1. The van der Waals surface area contributed by atoms with Crippen LogP contribution >= 0.6 is 0 Å². The van der Waals surface area contributed by atoms with Crippen molar-refractivity contribution in [3.63, 3.8) is 0 Å². The highest BCUT2D eigenvalue weighted by Gasteiger charge is 2.53. The molecule has 0 amide bonds. The molecule has 1 heterocycles. The van der Waals surface area contributed by atoms with E-state index in [1.165, 1.54) is 13.2 Å². The van der Waals surface area contributed by atoms with Gasteiger partial charge >= 0.3 is 7.12 Å². The van der Waals surface area contributed by atoms with Gasteiger partial charge in [0.05, 0.1) is 16.7 Å². The van der Waals surface area contributed by atoms with Gasteiger partial charge in [0.15, 0.2) is 6.79 Å². The molecule has 1 fully saturated rings. The number of hydrogen-bond acceptors (Lipinski definition) is 4. The lowest BCUT2D eigenvalue weighted by Crippen LogP contribution is -2.41. The first-order valence-electron chi connectivity index (χ1n) is 6.54. The highest BCUT2D eigenvalue weighted by molar-refractivity contribution is 6.63. The molecule has 1 aliphatic rings. The SMILES string of the molecule is COCOc1cccc(F)c1B1OC(C)(C)C(C)(C)O1. The normalized spacial score (nSPS) is 20.2. The number of benzene rings is 1. The maximum Gasteiger partial charge on any atom is 0.501 e. The molecular formula is C14H20BFO4. The van der Waals surface area contributed by atoms with Gasteiger partial charge in [0.2, 0.25) is 0 Å².